The van der Waals surface area contributed by atoms with Gasteiger partial charge in [0.05, 0.1) is 24.1 Å². The number of hydrogen-bond donors (Lipinski definition) is 0. The molecule has 156 valence electrons. The Bertz CT molecular complexity index is 1110. The number of hydrogen-bond acceptors (Lipinski definition) is 6. The minimum absolute atomic E-state index is 0.107. The first kappa shape index (κ1) is 21.0. The normalized spacial score (nSPS) is 20.5. The van der Waals surface area contributed by atoms with Crippen LogP contribution in [0.4, 0.5) is 5.69 Å². The summed E-state index contributed by atoms with van der Waals surface area (Å²) in [6.07, 6.45) is 5.22. The fraction of sp³-hybridized carbons (Fsp3) is 0.130. The van der Waals surface area contributed by atoms with Gasteiger partial charge < -0.3 is 4.74 Å². The molecule has 2 aromatic carbocycles. The van der Waals surface area contributed by atoms with E-state index in [1.165, 1.54) is 12.0 Å². The number of methoxy groups -OCH3 is 1. The minimum atomic E-state index is -0.939. The van der Waals surface area contributed by atoms with Crippen molar-refractivity contribution in [1.29, 1.82) is 0 Å². The lowest BCUT2D eigenvalue weighted by Crippen LogP contribution is -2.44. The van der Waals surface area contributed by atoms with E-state index >= 15 is 0 Å². The number of allylic oxidation sites excluding steroid dienone is 2. The number of thiocarbonyl (C=S) groups is 1. The highest BCUT2D eigenvalue weighted by molar-refractivity contribution is 8.26. The van der Waals surface area contributed by atoms with Crippen LogP contribution in [-0.4, -0.2) is 40.1 Å². The number of rotatable bonds is 5. The van der Waals surface area contributed by atoms with Crippen molar-refractivity contribution in [3.8, 4) is 5.75 Å². The van der Waals surface area contributed by atoms with Gasteiger partial charge in [-0.2, -0.15) is 0 Å². The van der Waals surface area contributed by atoms with E-state index < -0.39 is 11.9 Å². The molecule has 2 aliphatic heterocycles. The molecule has 0 aromatic heterocycles. The Kier molecular flexibility index (Phi) is 6.01. The molecule has 2 aliphatic rings. The highest BCUT2D eigenvalue weighted by Crippen LogP contribution is 2.36. The zero-order chi connectivity index (χ0) is 22.0. The molecule has 2 heterocycles. The minimum Gasteiger partial charge on any atom is -0.497 e. The van der Waals surface area contributed by atoms with Crippen molar-refractivity contribution < 1.29 is 19.1 Å². The number of carbonyl (C=O) groups is 3. The van der Waals surface area contributed by atoms with Gasteiger partial charge in [0.1, 0.15) is 16.1 Å². The molecule has 0 saturated carbocycles. The van der Waals surface area contributed by atoms with Crippen LogP contribution in [-0.2, 0) is 14.4 Å². The van der Waals surface area contributed by atoms with E-state index in [4.69, 9.17) is 17.0 Å². The van der Waals surface area contributed by atoms with E-state index in [1.807, 2.05) is 36.4 Å². The maximum absolute atomic E-state index is 13.0. The van der Waals surface area contributed by atoms with Gasteiger partial charge in [-0.25, -0.2) is 4.90 Å². The average molecular weight is 451 g/mol. The highest BCUT2D eigenvalue weighted by atomic mass is 32.2. The molecule has 0 spiro atoms. The summed E-state index contributed by atoms with van der Waals surface area (Å²) in [5.74, 6) is -0.588. The largest absolute Gasteiger partial charge is 0.497 e. The molecular formula is C23H18N2O4S2. The number of thioether (sulfide) groups is 1. The molecule has 0 N–H and O–H groups in total. The van der Waals surface area contributed by atoms with Gasteiger partial charge in [-0.3, -0.25) is 19.3 Å². The Hall–Kier alpha value is -3.23. The molecule has 4 rings (SSSR count). The Labute approximate surface area is 189 Å². The van der Waals surface area contributed by atoms with Gasteiger partial charge in [0.25, 0.3) is 11.8 Å². The second kappa shape index (κ2) is 8.87. The third kappa shape index (κ3) is 4.17. The van der Waals surface area contributed by atoms with Crippen molar-refractivity contribution in [2.45, 2.75) is 12.5 Å². The topological polar surface area (TPSA) is 66.9 Å². The summed E-state index contributed by atoms with van der Waals surface area (Å²) in [5, 5.41) is 0. The van der Waals surface area contributed by atoms with Crippen LogP contribution in [0.2, 0.25) is 0 Å². The summed E-state index contributed by atoms with van der Waals surface area (Å²) < 4.78 is 5.39. The fourth-order valence-corrected chi connectivity index (χ4v) is 4.70. The molecule has 2 fully saturated rings. The molecule has 31 heavy (non-hydrogen) atoms. The molecule has 2 aromatic rings. The second-order valence-electron chi connectivity index (χ2n) is 6.83. The van der Waals surface area contributed by atoms with E-state index in [0.29, 0.717) is 16.3 Å². The number of carbonyl (C=O) groups excluding carboxylic acids is 3. The first-order valence-electron chi connectivity index (χ1n) is 9.49. The average Bonchev–Trinajstić information content (AvgIpc) is 3.22. The van der Waals surface area contributed by atoms with Gasteiger partial charge in [-0.1, -0.05) is 66.5 Å². The summed E-state index contributed by atoms with van der Waals surface area (Å²) in [6, 6.07) is 15.4. The molecule has 2 saturated heterocycles. The summed E-state index contributed by atoms with van der Waals surface area (Å²) >= 11 is 6.49. The molecule has 3 amide bonds. The lowest BCUT2D eigenvalue weighted by molar-refractivity contribution is -0.130. The zero-order valence-corrected chi connectivity index (χ0v) is 18.2. The van der Waals surface area contributed by atoms with Gasteiger partial charge in [0, 0.05) is 0 Å². The molecule has 0 aliphatic carbocycles. The number of amides is 3. The number of anilines is 1. The van der Waals surface area contributed by atoms with E-state index in [9.17, 15) is 14.4 Å². The summed E-state index contributed by atoms with van der Waals surface area (Å²) in [6.45, 7) is 0. The van der Waals surface area contributed by atoms with Gasteiger partial charge in [-0.15, -0.1) is 0 Å². The van der Waals surface area contributed by atoms with Crippen LogP contribution in [0.25, 0.3) is 6.08 Å². The van der Waals surface area contributed by atoms with Gasteiger partial charge >= 0.3 is 0 Å². The lowest BCUT2D eigenvalue weighted by atomic mass is 10.2. The van der Waals surface area contributed by atoms with E-state index in [0.717, 1.165) is 22.2 Å². The molecule has 0 unspecified atom stereocenters. The Morgan fingerprint density at radius 3 is 2.45 bits per heavy atom. The quantitative estimate of drug-likeness (QED) is 0.392. The summed E-state index contributed by atoms with van der Waals surface area (Å²) in [5.41, 5.74) is 1.44. The van der Waals surface area contributed by atoms with Crippen LogP contribution < -0.4 is 9.64 Å². The molecule has 8 heteroatoms. The maximum Gasteiger partial charge on any atom is 0.266 e. The van der Waals surface area contributed by atoms with Crippen LogP contribution in [0, 0.1) is 0 Å². The van der Waals surface area contributed by atoms with Crippen LogP contribution in [0.1, 0.15) is 12.0 Å². The zero-order valence-electron chi connectivity index (χ0n) is 16.6. The molecule has 6 nitrogen and oxygen atoms in total. The summed E-state index contributed by atoms with van der Waals surface area (Å²) in [7, 11) is 1.54. The van der Waals surface area contributed by atoms with Crippen molar-refractivity contribution in [2.75, 3.05) is 12.0 Å². The van der Waals surface area contributed by atoms with E-state index in [1.54, 1.807) is 36.4 Å². The molecule has 1 atom stereocenters. The first-order chi connectivity index (χ1) is 15.0. The third-order valence-corrected chi connectivity index (χ3v) is 6.27. The number of benzene rings is 2. The molecule has 0 bridgehead atoms. The number of nitrogens with zero attached hydrogens (tertiary/aromatic N) is 2. The van der Waals surface area contributed by atoms with E-state index in [-0.39, 0.29) is 22.6 Å². The Balaban J connectivity index is 1.52. The van der Waals surface area contributed by atoms with E-state index in [2.05, 4.69) is 0 Å². The van der Waals surface area contributed by atoms with Crippen molar-refractivity contribution in [3.63, 3.8) is 0 Å². The molecular weight excluding hydrogens is 432 g/mol. The highest BCUT2D eigenvalue weighted by Gasteiger charge is 2.48. The smallest absolute Gasteiger partial charge is 0.266 e. The molecule has 0 radical (unpaired) electrons. The SMILES string of the molecule is COc1ccc(N2C(=O)C[C@H](N3C(=O)/C(=C/C=C/c4ccccc4)SC3=S)C2=O)cc1. The monoisotopic (exact) mass is 450 g/mol. The standard InChI is InChI=1S/C23H18N2O4S2/c1-29-17-12-10-16(11-13-17)24-20(26)14-18(21(24)27)25-22(28)19(31-23(25)30)9-5-8-15-6-3-2-4-7-15/h2-13,18H,14H2,1H3/b8-5+,19-9-/t18-/m0/s1. The van der Waals surface area contributed by atoms with Crippen LogP contribution in [0.3, 0.4) is 0 Å². The fourth-order valence-electron chi connectivity index (χ4n) is 3.39. The van der Waals surface area contributed by atoms with Crippen LogP contribution in [0.5, 0.6) is 5.75 Å². The number of ether oxygens (including phenoxy) is 1. The Morgan fingerprint density at radius 2 is 1.77 bits per heavy atom. The Morgan fingerprint density at radius 1 is 1.06 bits per heavy atom. The van der Waals surface area contributed by atoms with Gasteiger partial charge in [0.2, 0.25) is 5.91 Å². The van der Waals surface area contributed by atoms with Crippen LogP contribution >= 0.6 is 24.0 Å². The van der Waals surface area contributed by atoms with Crippen molar-refractivity contribution in [3.05, 3.63) is 77.2 Å². The van der Waals surface area contributed by atoms with Gasteiger partial charge in [0.15, 0.2) is 0 Å². The predicted octanol–water partition coefficient (Wildman–Crippen LogP) is 3.78. The van der Waals surface area contributed by atoms with Crippen molar-refractivity contribution in [1.82, 2.24) is 4.90 Å². The first-order valence-corrected chi connectivity index (χ1v) is 10.7. The second-order valence-corrected chi connectivity index (χ2v) is 8.50. The third-order valence-electron chi connectivity index (χ3n) is 4.92. The maximum atomic E-state index is 13.0. The van der Waals surface area contributed by atoms with Crippen LogP contribution in [0.15, 0.2) is 71.7 Å². The number of imide groups is 1. The van der Waals surface area contributed by atoms with Crippen molar-refractivity contribution in [2.24, 2.45) is 0 Å². The predicted molar refractivity (Wildman–Crippen MR) is 124 cm³/mol. The summed E-state index contributed by atoms with van der Waals surface area (Å²) in [4.78, 5) is 41.3. The van der Waals surface area contributed by atoms with Gasteiger partial charge in [-0.05, 0) is 35.9 Å². The van der Waals surface area contributed by atoms with Crippen molar-refractivity contribution >= 4 is 57.8 Å². The lowest BCUT2D eigenvalue weighted by Gasteiger charge is -2.21.